The number of hydrogen-bond donors (Lipinski definition) is 1. The van der Waals surface area contributed by atoms with Crippen LogP contribution in [0.1, 0.15) is 12.8 Å². The van der Waals surface area contributed by atoms with Crippen molar-refractivity contribution in [3.05, 3.63) is 24.3 Å². The Morgan fingerprint density at radius 1 is 1.33 bits per heavy atom. The van der Waals surface area contributed by atoms with Gasteiger partial charge in [0.05, 0.1) is 0 Å². The van der Waals surface area contributed by atoms with E-state index in [1.165, 1.54) is 0 Å². The quantitative estimate of drug-likeness (QED) is 0.431. The first kappa shape index (κ1) is 12.3. The van der Waals surface area contributed by atoms with Crippen molar-refractivity contribution < 1.29 is 0 Å². The summed E-state index contributed by atoms with van der Waals surface area (Å²) in [5, 5.41) is 6.97. The summed E-state index contributed by atoms with van der Waals surface area (Å²) in [5.74, 6) is 0. The van der Waals surface area contributed by atoms with Crippen LogP contribution in [0.25, 0.3) is 0 Å². The number of allylic oxidation sites excluding steroid dienone is 2. The zero-order valence-corrected chi connectivity index (χ0v) is 9.96. The van der Waals surface area contributed by atoms with Crippen LogP contribution in [-0.4, -0.2) is 28.6 Å². The standard InChI is InChI=1S/C10H13Cl2N3/c1-15(10(12)14-9(11)13)8-6-4-2-3-5-7-8/h2-5,8,13H,6-7H2,1H3. The van der Waals surface area contributed by atoms with Crippen molar-refractivity contribution >= 4 is 33.8 Å². The normalized spacial score (nSPS) is 17.7. The van der Waals surface area contributed by atoms with Gasteiger partial charge in [-0.1, -0.05) is 24.3 Å². The molecule has 0 unspecified atom stereocenters. The fourth-order valence-electron chi connectivity index (χ4n) is 1.35. The lowest BCUT2D eigenvalue weighted by molar-refractivity contribution is 0.376. The van der Waals surface area contributed by atoms with Gasteiger partial charge in [0.1, 0.15) is 0 Å². The number of amidine groups is 2. The van der Waals surface area contributed by atoms with Gasteiger partial charge in [0, 0.05) is 13.1 Å². The van der Waals surface area contributed by atoms with Crippen molar-refractivity contribution in [2.45, 2.75) is 18.9 Å². The van der Waals surface area contributed by atoms with Gasteiger partial charge in [-0.15, -0.1) is 0 Å². The van der Waals surface area contributed by atoms with Crippen molar-refractivity contribution in [3.63, 3.8) is 0 Å². The molecule has 1 aliphatic rings. The van der Waals surface area contributed by atoms with E-state index in [4.69, 9.17) is 28.6 Å². The monoisotopic (exact) mass is 245 g/mol. The minimum Gasteiger partial charge on any atom is -0.346 e. The molecule has 0 fully saturated rings. The van der Waals surface area contributed by atoms with Gasteiger partial charge in [0.2, 0.25) is 10.6 Å². The zero-order chi connectivity index (χ0) is 11.3. The third-order valence-corrected chi connectivity index (χ3v) is 2.66. The molecule has 0 saturated heterocycles. The Bertz CT molecular complexity index is 307. The van der Waals surface area contributed by atoms with Crippen LogP contribution in [0.15, 0.2) is 29.3 Å². The molecule has 0 aliphatic heterocycles. The third kappa shape index (κ3) is 4.06. The molecule has 3 nitrogen and oxygen atoms in total. The fourth-order valence-corrected chi connectivity index (χ4v) is 1.70. The Morgan fingerprint density at radius 3 is 2.33 bits per heavy atom. The van der Waals surface area contributed by atoms with E-state index in [-0.39, 0.29) is 16.6 Å². The Morgan fingerprint density at radius 2 is 1.87 bits per heavy atom. The lowest BCUT2D eigenvalue weighted by atomic mass is 10.1. The smallest absolute Gasteiger partial charge is 0.217 e. The van der Waals surface area contributed by atoms with E-state index in [1.807, 2.05) is 24.1 Å². The molecule has 0 aromatic carbocycles. The molecule has 5 heteroatoms. The highest BCUT2D eigenvalue weighted by atomic mass is 35.5. The molecular weight excluding hydrogens is 233 g/mol. The minimum atomic E-state index is -0.299. The predicted octanol–water partition coefficient (Wildman–Crippen LogP) is 2.96. The first-order valence-corrected chi connectivity index (χ1v) is 5.39. The number of rotatable bonds is 1. The average molecular weight is 246 g/mol. The Kier molecular flexibility index (Phi) is 4.85. The third-order valence-electron chi connectivity index (χ3n) is 2.23. The van der Waals surface area contributed by atoms with Gasteiger partial charge in [0.25, 0.3) is 0 Å². The van der Waals surface area contributed by atoms with Crippen molar-refractivity contribution in [2.24, 2.45) is 4.99 Å². The van der Waals surface area contributed by atoms with Gasteiger partial charge in [0.15, 0.2) is 0 Å². The number of halogens is 2. The number of hydrogen-bond acceptors (Lipinski definition) is 1. The van der Waals surface area contributed by atoms with Crippen LogP contribution >= 0.6 is 23.2 Å². The summed E-state index contributed by atoms with van der Waals surface area (Å²) in [6, 6.07) is 0.271. The molecular formula is C10H13Cl2N3. The average Bonchev–Trinajstić information content (AvgIpc) is 2.43. The number of nitrogens with zero attached hydrogens (tertiary/aromatic N) is 2. The first-order valence-electron chi connectivity index (χ1n) is 4.64. The molecule has 0 saturated carbocycles. The maximum atomic E-state index is 7.01. The van der Waals surface area contributed by atoms with Crippen molar-refractivity contribution in [1.29, 1.82) is 5.41 Å². The SMILES string of the molecule is CN(C(Cl)=NC(=N)Cl)C1CC=CC=CC1. The van der Waals surface area contributed by atoms with E-state index < -0.39 is 0 Å². The molecule has 0 bridgehead atoms. The highest BCUT2D eigenvalue weighted by Gasteiger charge is 2.15. The lowest BCUT2D eigenvalue weighted by Crippen LogP contribution is -2.34. The summed E-state index contributed by atoms with van der Waals surface area (Å²) in [4.78, 5) is 5.52. The molecule has 82 valence electrons. The van der Waals surface area contributed by atoms with Crippen molar-refractivity contribution in [1.82, 2.24) is 4.90 Å². The number of nitrogens with one attached hydrogen (secondary N) is 1. The maximum Gasteiger partial charge on any atom is 0.217 e. The topological polar surface area (TPSA) is 39.5 Å². The molecule has 1 rings (SSSR count). The zero-order valence-electron chi connectivity index (χ0n) is 8.45. The van der Waals surface area contributed by atoms with E-state index in [0.717, 1.165) is 12.8 Å². The van der Waals surface area contributed by atoms with Crippen molar-refractivity contribution in [3.8, 4) is 0 Å². The second kappa shape index (κ2) is 5.93. The second-order valence-electron chi connectivity index (χ2n) is 3.26. The summed E-state index contributed by atoms with van der Waals surface area (Å²) in [6.45, 7) is 0. The van der Waals surface area contributed by atoms with Gasteiger partial charge in [-0.05, 0) is 36.0 Å². The Balaban J connectivity index is 2.66. The van der Waals surface area contributed by atoms with Crippen LogP contribution in [0.5, 0.6) is 0 Å². The minimum absolute atomic E-state index is 0.253. The molecule has 1 N–H and O–H groups in total. The van der Waals surface area contributed by atoms with Crippen LogP contribution in [0.4, 0.5) is 0 Å². The largest absolute Gasteiger partial charge is 0.346 e. The predicted molar refractivity (Wildman–Crippen MR) is 65.9 cm³/mol. The first-order chi connectivity index (χ1) is 7.11. The molecule has 0 aromatic heterocycles. The summed E-state index contributed by atoms with van der Waals surface area (Å²) in [6.07, 6.45) is 10.0. The summed E-state index contributed by atoms with van der Waals surface area (Å²) in [5.41, 5.74) is 0. The van der Waals surface area contributed by atoms with Crippen molar-refractivity contribution in [2.75, 3.05) is 7.05 Å². The van der Waals surface area contributed by atoms with Crippen LogP contribution < -0.4 is 0 Å². The van der Waals surface area contributed by atoms with E-state index in [9.17, 15) is 0 Å². The molecule has 0 heterocycles. The van der Waals surface area contributed by atoms with Gasteiger partial charge >= 0.3 is 0 Å². The molecule has 0 radical (unpaired) electrons. The maximum absolute atomic E-state index is 7.01. The van der Waals surface area contributed by atoms with Crippen LogP contribution in [0.3, 0.4) is 0 Å². The van der Waals surface area contributed by atoms with Crippen LogP contribution in [0.2, 0.25) is 0 Å². The lowest BCUT2D eigenvalue weighted by Gasteiger charge is -2.25. The highest BCUT2D eigenvalue weighted by molar-refractivity contribution is 6.70. The molecule has 0 amide bonds. The van der Waals surface area contributed by atoms with E-state index in [0.29, 0.717) is 0 Å². The molecule has 0 aromatic rings. The molecule has 0 spiro atoms. The molecule has 1 aliphatic carbocycles. The Labute approximate surface area is 99.6 Å². The van der Waals surface area contributed by atoms with E-state index >= 15 is 0 Å². The van der Waals surface area contributed by atoms with Gasteiger partial charge in [-0.25, -0.2) is 0 Å². The van der Waals surface area contributed by atoms with Gasteiger partial charge < -0.3 is 4.90 Å². The highest BCUT2D eigenvalue weighted by Crippen LogP contribution is 2.14. The van der Waals surface area contributed by atoms with Gasteiger partial charge in [-0.2, -0.15) is 4.99 Å². The van der Waals surface area contributed by atoms with Crippen LogP contribution in [-0.2, 0) is 0 Å². The van der Waals surface area contributed by atoms with Crippen LogP contribution in [0, 0.1) is 5.41 Å². The Hall–Kier alpha value is -0.800. The number of aliphatic imine (C=N–C) groups is 1. The summed E-state index contributed by atoms with van der Waals surface area (Å²) < 4.78 is 0. The molecule has 15 heavy (non-hydrogen) atoms. The van der Waals surface area contributed by atoms with E-state index in [2.05, 4.69) is 17.1 Å². The summed E-state index contributed by atoms with van der Waals surface area (Å²) in [7, 11) is 1.85. The molecule has 0 atom stereocenters. The fraction of sp³-hybridized carbons (Fsp3) is 0.400. The second-order valence-corrected chi connectivity index (χ2v) is 3.96. The van der Waals surface area contributed by atoms with Gasteiger partial charge in [-0.3, -0.25) is 5.41 Å². The van der Waals surface area contributed by atoms with E-state index in [1.54, 1.807) is 0 Å². The summed E-state index contributed by atoms with van der Waals surface area (Å²) >= 11 is 11.3.